The highest BCUT2D eigenvalue weighted by molar-refractivity contribution is 7.89. The summed E-state index contributed by atoms with van der Waals surface area (Å²) >= 11 is 0. The van der Waals surface area contributed by atoms with E-state index in [0.717, 1.165) is 21.8 Å². The number of halogens is 3. The Kier molecular flexibility index (Phi) is 8.42. The minimum atomic E-state index is -4.78. The first-order chi connectivity index (χ1) is 18.4. The van der Waals surface area contributed by atoms with Crippen LogP contribution >= 0.6 is 0 Å². The first-order valence-corrected chi connectivity index (χ1v) is 13.8. The van der Waals surface area contributed by atoms with Gasteiger partial charge in [0.1, 0.15) is 17.7 Å². The quantitative estimate of drug-likeness (QED) is 0.412. The van der Waals surface area contributed by atoms with Crippen LogP contribution in [0.5, 0.6) is 0 Å². The average molecular weight is 566 g/mol. The molecule has 0 saturated carbocycles. The van der Waals surface area contributed by atoms with Crippen LogP contribution in [0.2, 0.25) is 0 Å². The molecule has 4 rings (SSSR count). The smallest absolute Gasteiger partial charge is 0.417 e. The Morgan fingerprint density at radius 1 is 1.03 bits per heavy atom. The second kappa shape index (κ2) is 11.4. The van der Waals surface area contributed by atoms with Crippen molar-refractivity contribution in [3.63, 3.8) is 0 Å². The molecule has 1 N–H and O–H groups in total. The van der Waals surface area contributed by atoms with Crippen molar-refractivity contribution in [1.29, 1.82) is 0 Å². The molecular weight excluding hydrogens is 535 g/mol. The monoisotopic (exact) mass is 565 g/mol. The van der Waals surface area contributed by atoms with Gasteiger partial charge in [0.05, 0.1) is 29.6 Å². The molecule has 0 radical (unpaired) electrons. The van der Waals surface area contributed by atoms with E-state index in [2.05, 4.69) is 15.3 Å². The molecule has 1 aliphatic rings. The van der Waals surface area contributed by atoms with Crippen molar-refractivity contribution in [2.45, 2.75) is 37.5 Å². The fourth-order valence-electron chi connectivity index (χ4n) is 4.47. The van der Waals surface area contributed by atoms with Gasteiger partial charge in [0, 0.05) is 31.6 Å². The molecule has 2 aromatic carbocycles. The summed E-state index contributed by atoms with van der Waals surface area (Å²) in [7, 11) is -3.01. The van der Waals surface area contributed by atoms with Crippen LogP contribution in [0.4, 0.5) is 19.0 Å². The molecule has 3 aromatic rings. The van der Waals surface area contributed by atoms with E-state index >= 15 is 0 Å². The van der Waals surface area contributed by atoms with E-state index in [-0.39, 0.29) is 38.6 Å². The van der Waals surface area contributed by atoms with E-state index in [1.54, 1.807) is 0 Å². The maximum Gasteiger partial charge on any atom is 0.417 e. The number of esters is 1. The summed E-state index contributed by atoms with van der Waals surface area (Å²) in [6.45, 7) is 4.67. The zero-order valence-corrected chi connectivity index (χ0v) is 22.6. The predicted octanol–water partition coefficient (Wildman–Crippen LogP) is 3.76. The van der Waals surface area contributed by atoms with Crippen LogP contribution in [0.25, 0.3) is 10.9 Å². The molecule has 0 aliphatic carbocycles. The number of nitrogens with one attached hydrogen (secondary N) is 1. The summed E-state index contributed by atoms with van der Waals surface area (Å²) in [5, 5.41) is 3.92. The number of carbonyl (C=O) groups excluding carboxylic acids is 1. The van der Waals surface area contributed by atoms with Crippen LogP contribution in [0, 0.1) is 5.92 Å². The van der Waals surface area contributed by atoms with Gasteiger partial charge >= 0.3 is 12.1 Å². The number of hydrogen-bond acceptors (Lipinski definition) is 8. The van der Waals surface area contributed by atoms with Gasteiger partial charge in [-0.25, -0.2) is 23.2 Å². The van der Waals surface area contributed by atoms with Crippen LogP contribution in [0.1, 0.15) is 25.2 Å². The molecule has 13 heteroatoms. The number of hydrogen-bond donors (Lipinski definition) is 1. The lowest BCUT2D eigenvalue weighted by Gasteiger charge is -2.34. The molecule has 39 heavy (non-hydrogen) atoms. The fourth-order valence-corrected chi connectivity index (χ4v) is 6.10. The number of sulfonamides is 1. The number of benzene rings is 2. The van der Waals surface area contributed by atoms with Gasteiger partial charge in [0.25, 0.3) is 0 Å². The molecule has 1 aromatic heterocycles. The van der Waals surface area contributed by atoms with Gasteiger partial charge in [-0.3, -0.25) is 4.90 Å². The summed E-state index contributed by atoms with van der Waals surface area (Å²) < 4.78 is 72.5. The first-order valence-electron chi connectivity index (χ1n) is 12.4. The van der Waals surface area contributed by atoms with Gasteiger partial charge in [-0.1, -0.05) is 38.1 Å². The number of carbonyl (C=O) groups is 1. The lowest BCUT2D eigenvalue weighted by molar-refractivity contribution is -0.142. The van der Waals surface area contributed by atoms with Crippen molar-refractivity contribution in [1.82, 2.24) is 19.2 Å². The Hall–Kier alpha value is -3.29. The molecule has 0 bridgehead atoms. The van der Waals surface area contributed by atoms with Crippen molar-refractivity contribution < 1.29 is 31.1 Å². The van der Waals surface area contributed by atoms with E-state index in [0.29, 0.717) is 17.2 Å². The summed E-state index contributed by atoms with van der Waals surface area (Å²) in [6.07, 6.45) is -4.78. The lowest BCUT2D eigenvalue weighted by Crippen LogP contribution is -2.48. The van der Waals surface area contributed by atoms with E-state index in [9.17, 15) is 26.4 Å². The third kappa shape index (κ3) is 6.31. The minimum Gasteiger partial charge on any atom is -0.467 e. The number of alkyl halides is 3. The molecule has 1 fully saturated rings. The van der Waals surface area contributed by atoms with Crippen LogP contribution in [-0.2, 0) is 32.3 Å². The molecule has 1 atom stereocenters. The Bertz CT molecular complexity index is 1440. The standard InChI is InChI=1S/C26H30F3N5O4S/c1-17(2)23(25(35)38-3)32-24-18-8-4-6-10-20(18)30-22(31-24)16-33-12-14-34(15-13-33)39(36,37)21-11-7-5-9-19(21)26(27,28)29/h4-11,17,23H,12-16H2,1-3H3,(H,30,31,32)/t23-/m0/s1. The number of ether oxygens (including phenoxy) is 1. The van der Waals surface area contributed by atoms with Crippen molar-refractivity contribution in [3.8, 4) is 0 Å². The van der Waals surface area contributed by atoms with Crippen molar-refractivity contribution >= 4 is 32.7 Å². The highest BCUT2D eigenvalue weighted by Gasteiger charge is 2.39. The van der Waals surface area contributed by atoms with Gasteiger partial charge in [-0.15, -0.1) is 0 Å². The Morgan fingerprint density at radius 2 is 1.67 bits per heavy atom. The Labute approximate surface area is 225 Å². The normalized spacial score (nSPS) is 16.4. The molecule has 210 valence electrons. The van der Waals surface area contributed by atoms with Crippen LogP contribution in [-0.4, -0.2) is 72.9 Å². The predicted molar refractivity (Wildman–Crippen MR) is 139 cm³/mol. The number of nitrogens with zero attached hydrogens (tertiary/aromatic N) is 4. The van der Waals surface area contributed by atoms with E-state index in [4.69, 9.17) is 4.74 Å². The van der Waals surface area contributed by atoms with E-state index in [1.807, 2.05) is 43.0 Å². The maximum absolute atomic E-state index is 13.4. The first kappa shape index (κ1) is 28.7. The van der Waals surface area contributed by atoms with Gasteiger partial charge < -0.3 is 10.1 Å². The lowest BCUT2D eigenvalue weighted by atomic mass is 10.0. The molecule has 9 nitrogen and oxygen atoms in total. The summed E-state index contributed by atoms with van der Waals surface area (Å²) in [6, 6.07) is 10.9. The summed E-state index contributed by atoms with van der Waals surface area (Å²) in [5.41, 5.74) is -0.508. The minimum absolute atomic E-state index is 0.0188. The van der Waals surface area contributed by atoms with Gasteiger partial charge in [0.2, 0.25) is 10.0 Å². The van der Waals surface area contributed by atoms with Crippen LogP contribution in [0.3, 0.4) is 0 Å². The zero-order valence-electron chi connectivity index (χ0n) is 21.8. The molecule has 0 unspecified atom stereocenters. The number of piperazine rings is 1. The summed E-state index contributed by atoms with van der Waals surface area (Å²) in [4.78, 5) is 22.8. The Balaban J connectivity index is 1.52. The van der Waals surface area contributed by atoms with Crippen LogP contribution < -0.4 is 5.32 Å². The topological polar surface area (TPSA) is 105 Å². The molecule has 1 saturated heterocycles. The number of methoxy groups -OCH3 is 1. The van der Waals surface area contributed by atoms with E-state index < -0.39 is 38.7 Å². The van der Waals surface area contributed by atoms with Crippen LogP contribution in [0.15, 0.2) is 53.4 Å². The number of aromatic nitrogens is 2. The molecular formula is C26H30F3N5O4S. The second-order valence-corrected chi connectivity index (χ2v) is 11.5. The average Bonchev–Trinajstić information content (AvgIpc) is 2.91. The van der Waals surface area contributed by atoms with Gasteiger partial charge in [0.15, 0.2) is 0 Å². The number of fused-ring (bicyclic) bond motifs is 1. The van der Waals surface area contributed by atoms with Gasteiger partial charge in [-0.05, 0) is 30.2 Å². The number of anilines is 1. The third-order valence-electron chi connectivity index (χ3n) is 6.57. The van der Waals surface area contributed by atoms with E-state index in [1.165, 1.54) is 19.2 Å². The van der Waals surface area contributed by atoms with Crippen molar-refractivity contribution in [2.24, 2.45) is 5.92 Å². The SMILES string of the molecule is COC(=O)[C@@H](Nc1nc(CN2CCN(S(=O)(=O)c3ccccc3C(F)(F)F)CC2)nc2ccccc12)C(C)C. The second-order valence-electron chi connectivity index (χ2n) is 9.57. The maximum atomic E-state index is 13.4. The number of rotatable bonds is 8. The molecule has 1 aliphatic heterocycles. The Morgan fingerprint density at radius 3 is 2.31 bits per heavy atom. The zero-order chi connectivity index (χ0) is 28.4. The van der Waals surface area contributed by atoms with Crippen molar-refractivity contribution in [3.05, 3.63) is 59.9 Å². The highest BCUT2D eigenvalue weighted by Crippen LogP contribution is 2.35. The largest absolute Gasteiger partial charge is 0.467 e. The van der Waals surface area contributed by atoms with Crippen molar-refractivity contribution in [2.75, 3.05) is 38.6 Å². The number of para-hydroxylation sites is 1. The third-order valence-corrected chi connectivity index (χ3v) is 8.53. The van der Waals surface area contributed by atoms with Gasteiger partial charge in [-0.2, -0.15) is 17.5 Å². The molecule has 0 amide bonds. The highest BCUT2D eigenvalue weighted by atomic mass is 32.2. The molecule has 2 heterocycles. The molecule has 0 spiro atoms. The fraction of sp³-hybridized carbons (Fsp3) is 0.423. The summed E-state index contributed by atoms with van der Waals surface area (Å²) in [5.74, 6) is 0.442.